The lowest BCUT2D eigenvalue weighted by atomic mass is 10.1. The molecule has 1 saturated heterocycles. The number of carbonyl (C=O) groups is 1. The molecular weight excluding hydrogens is 431 g/mol. The third kappa shape index (κ3) is 5.33. The van der Waals surface area contributed by atoms with Crippen LogP contribution in [0.5, 0.6) is 0 Å². The second-order valence-electron chi connectivity index (χ2n) is 7.60. The average molecular weight is 456 g/mol. The van der Waals surface area contributed by atoms with Crippen molar-refractivity contribution in [1.82, 2.24) is 10.2 Å². The molecule has 1 unspecified atom stereocenters. The number of rotatable bonds is 4. The van der Waals surface area contributed by atoms with E-state index in [2.05, 4.69) is 15.5 Å². The minimum atomic E-state index is -4.75. The van der Waals surface area contributed by atoms with Crippen molar-refractivity contribution in [2.24, 2.45) is 0 Å². The molecule has 1 fully saturated rings. The van der Waals surface area contributed by atoms with E-state index >= 15 is 0 Å². The van der Waals surface area contributed by atoms with Crippen LogP contribution in [0.3, 0.4) is 0 Å². The first-order chi connectivity index (χ1) is 14.5. The van der Waals surface area contributed by atoms with Gasteiger partial charge in [-0.25, -0.2) is 8.99 Å². The molecule has 0 bridgehead atoms. The summed E-state index contributed by atoms with van der Waals surface area (Å²) >= 11 is 0. The average Bonchev–Trinajstić information content (AvgIpc) is 2.95. The van der Waals surface area contributed by atoms with Crippen LogP contribution in [0, 0.1) is 11.7 Å². The van der Waals surface area contributed by atoms with Crippen molar-refractivity contribution in [1.29, 1.82) is 4.78 Å². The molecule has 2 aromatic rings. The second kappa shape index (κ2) is 8.81. The van der Waals surface area contributed by atoms with Gasteiger partial charge in [0, 0.05) is 29.9 Å². The fraction of sp³-hybridized carbons (Fsp3) is 0.450. The lowest BCUT2D eigenvalue weighted by molar-refractivity contribution is -0.142. The monoisotopic (exact) mass is 455 g/mol. The summed E-state index contributed by atoms with van der Waals surface area (Å²) in [5.74, 6) is -0.636. The van der Waals surface area contributed by atoms with Crippen LogP contribution in [0.25, 0.3) is 0 Å². The molecule has 7 nitrogen and oxygen atoms in total. The van der Waals surface area contributed by atoms with Crippen molar-refractivity contribution in [2.45, 2.75) is 43.7 Å². The van der Waals surface area contributed by atoms with Crippen LogP contribution in [0.4, 0.5) is 24.7 Å². The number of aromatic nitrogens is 2. The zero-order chi connectivity index (χ0) is 22.8. The molecule has 168 valence electrons. The molecule has 0 aliphatic carbocycles. The molecule has 1 aromatic heterocycles. The Morgan fingerprint density at radius 2 is 1.81 bits per heavy atom. The predicted octanol–water partition coefficient (Wildman–Crippen LogP) is 4.47. The summed E-state index contributed by atoms with van der Waals surface area (Å²) in [6.45, 7) is 2.37. The number of nitrogens with zero attached hydrogens (tertiary/aromatic N) is 3. The van der Waals surface area contributed by atoms with Gasteiger partial charge in [-0.1, -0.05) is 18.9 Å². The number of nitrogens with one attached hydrogen (secondary N) is 2. The SMILES string of the molecule is Cc1c(C(F)(F)F)nnc(N2CCCCCC2)c1C(=O)Nc1cccc(S(C)(=N)=O)c1. The van der Waals surface area contributed by atoms with E-state index in [1.54, 1.807) is 4.90 Å². The maximum absolute atomic E-state index is 13.4. The van der Waals surface area contributed by atoms with Crippen LogP contribution >= 0.6 is 0 Å². The van der Waals surface area contributed by atoms with Gasteiger partial charge in [0.05, 0.1) is 15.3 Å². The molecule has 1 aliphatic rings. The molecular formula is C20H24F3N5O2S. The first-order valence-electron chi connectivity index (χ1n) is 9.83. The molecule has 0 spiro atoms. The summed E-state index contributed by atoms with van der Waals surface area (Å²) in [6.07, 6.45) is 0.196. The highest BCUT2D eigenvalue weighted by molar-refractivity contribution is 7.91. The van der Waals surface area contributed by atoms with Gasteiger partial charge >= 0.3 is 6.18 Å². The van der Waals surface area contributed by atoms with Crippen molar-refractivity contribution in [3.8, 4) is 0 Å². The fourth-order valence-corrected chi connectivity index (χ4v) is 4.25. The lowest BCUT2D eigenvalue weighted by Gasteiger charge is -2.25. The van der Waals surface area contributed by atoms with Crippen LogP contribution in [0.2, 0.25) is 0 Å². The number of benzene rings is 1. The number of halogens is 3. The minimum absolute atomic E-state index is 0.126. The molecule has 2 N–H and O–H groups in total. The molecule has 1 aliphatic heterocycles. The van der Waals surface area contributed by atoms with E-state index in [0.29, 0.717) is 13.1 Å². The number of carbonyl (C=O) groups excluding carboxylic acids is 1. The Bertz CT molecular complexity index is 1080. The van der Waals surface area contributed by atoms with Crippen molar-refractivity contribution >= 4 is 27.1 Å². The fourth-order valence-electron chi connectivity index (χ4n) is 3.56. The van der Waals surface area contributed by atoms with Crippen molar-refractivity contribution < 1.29 is 22.2 Å². The standard InChI is InChI=1S/C20H24F3N5O2S/c1-13-16(19(29)25-14-8-7-9-15(12-14)31(2,24)30)18(27-26-17(13)20(21,22)23)28-10-5-3-4-6-11-28/h7-9,12,24H,3-6,10-11H2,1-2H3,(H,25,29). The second-order valence-corrected chi connectivity index (χ2v) is 9.76. The molecule has 1 aromatic carbocycles. The Kier molecular flexibility index (Phi) is 6.54. The van der Waals surface area contributed by atoms with Crippen LogP contribution in [0.1, 0.15) is 47.3 Å². The molecule has 3 rings (SSSR count). The maximum Gasteiger partial charge on any atom is 0.435 e. The van der Waals surface area contributed by atoms with Crippen LogP contribution in [-0.2, 0) is 15.9 Å². The highest BCUT2D eigenvalue weighted by Crippen LogP contribution is 2.34. The van der Waals surface area contributed by atoms with Gasteiger partial charge in [-0.15, -0.1) is 10.2 Å². The Morgan fingerprint density at radius 3 is 2.39 bits per heavy atom. The van der Waals surface area contributed by atoms with Gasteiger partial charge in [0.25, 0.3) is 5.91 Å². The molecule has 2 heterocycles. The van der Waals surface area contributed by atoms with Gasteiger partial charge in [-0.05, 0) is 43.5 Å². The number of alkyl halides is 3. The first kappa shape index (κ1) is 23.0. The summed E-state index contributed by atoms with van der Waals surface area (Å²) in [7, 11) is -3.02. The molecule has 1 atom stereocenters. The number of hydrogen-bond donors (Lipinski definition) is 2. The highest BCUT2D eigenvalue weighted by atomic mass is 32.2. The molecule has 1 amide bonds. The first-order valence-corrected chi connectivity index (χ1v) is 11.8. The van der Waals surface area contributed by atoms with Crippen molar-refractivity contribution in [3.05, 3.63) is 41.1 Å². The molecule has 0 saturated carbocycles. The Hall–Kier alpha value is -2.69. The summed E-state index contributed by atoms with van der Waals surface area (Å²) in [4.78, 5) is 15.1. The number of anilines is 2. The zero-order valence-corrected chi connectivity index (χ0v) is 18.1. The maximum atomic E-state index is 13.4. The van der Waals surface area contributed by atoms with Gasteiger partial charge in [-0.2, -0.15) is 13.2 Å². The number of hydrogen-bond acceptors (Lipinski definition) is 6. The smallest absolute Gasteiger partial charge is 0.354 e. The van der Waals surface area contributed by atoms with Gasteiger partial charge in [-0.3, -0.25) is 4.79 Å². The summed E-state index contributed by atoms with van der Waals surface area (Å²) in [6, 6.07) is 5.92. The predicted molar refractivity (Wildman–Crippen MR) is 112 cm³/mol. The topological polar surface area (TPSA) is 99.0 Å². The lowest BCUT2D eigenvalue weighted by Crippen LogP contribution is -2.30. The van der Waals surface area contributed by atoms with E-state index < -0.39 is 27.5 Å². The summed E-state index contributed by atoms with van der Waals surface area (Å²) < 4.78 is 60.0. The van der Waals surface area contributed by atoms with Gasteiger partial charge in [0.2, 0.25) is 0 Å². The van der Waals surface area contributed by atoms with Crippen LogP contribution in [-0.4, -0.2) is 39.7 Å². The minimum Gasteiger partial charge on any atom is -0.354 e. The van der Waals surface area contributed by atoms with E-state index in [4.69, 9.17) is 4.78 Å². The summed E-state index contributed by atoms with van der Waals surface area (Å²) in [5, 5.41) is 9.78. The Balaban J connectivity index is 2.05. The quantitative estimate of drug-likeness (QED) is 0.709. The van der Waals surface area contributed by atoms with E-state index in [1.807, 2.05) is 0 Å². The van der Waals surface area contributed by atoms with Crippen molar-refractivity contribution in [3.63, 3.8) is 0 Å². The van der Waals surface area contributed by atoms with E-state index in [-0.39, 0.29) is 27.5 Å². The van der Waals surface area contributed by atoms with Crippen molar-refractivity contribution in [2.75, 3.05) is 29.6 Å². The molecule has 11 heteroatoms. The zero-order valence-electron chi connectivity index (χ0n) is 17.3. The van der Waals surface area contributed by atoms with E-state index in [9.17, 15) is 22.2 Å². The van der Waals surface area contributed by atoms with E-state index in [1.165, 1.54) is 37.4 Å². The Morgan fingerprint density at radius 1 is 1.16 bits per heavy atom. The molecule has 0 radical (unpaired) electrons. The largest absolute Gasteiger partial charge is 0.435 e. The van der Waals surface area contributed by atoms with Gasteiger partial charge < -0.3 is 10.2 Å². The highest BCUT2D eigenvalue weighted by Gasteiger charge is 2.38. The van der Waals surface area contributed by atoms with Gasteiger partial charge in [0.15, 0.2) is 11.5 Å². The third-order valence-corrected chi connectivity index (χ3v) is 6.29. The van der Waals surface area contributed by atoms with Crippen LogP contribution in [0.15, 0.2) is 29.2 Å². The van der Waals surface area contributed by atoms with E-state index in [0.717, 1.165) is 25.7 Å². The molecule has 31 heavy (non-hydrogen) atoms. The van der Waals surface area contributed by atoms with Crippen LogP contribution < -0.4 is 10.2 Å². The van der Waals surface area contributed by atoms with Gasteiger partial charge in [0.1, 0.15) is 0 Å². The summed E-state index contributed by atoms with van der Waals surface area (Å²) in [5.41, 5.74) is -1.45. The number of amides is 1. The third-order valence-electron chi connectivity index (χ3n) is 5.14. The normalized spacial score (nSPS) is 17.0. The Labute approximate surface area is 179 Å².